The molecule has 3 heterocycles. The van der Waals surface area contributed by atoms with E-state index in [1.165, 1.54) is 0 Å². The summed E-state index contributed by atoms with van der Waals surface area (Å²) in [6.45, 7) is 2.78. The van der Waals surface area contributed by atoms with Crippen LogP contribution in [0.3, 0.4) is 0 Å². The SMILES string of the molecule is CCCN1C(=O)c2[nH]nc(-c3ccccc3)c2[C@@H]1c1cccnc1. The third-order valence-corrected chi connectivity index (χ3v) is 4.38. The molecular weight excluding hydrogens is 300 g/mol. The van der Waals surface area contributed by atoms with Crippen LogP contribution in [0.4, 0.5) is 0 Å². The van der Waals surface area contributed by atoms with Gasteiger partial charge in [-0.25, -0.2) is 0 Å². The Morgan fingerprint density at radius 1 is 1.17 bits per heavy atom. The summed E-state index contributed by atoms with van der Waals surface area (Å²) in [4.78, 5) is 19.0. The van der Waals surface area contributed by atoms with Crippen molar-refractivity contribution in [1.82, 2.24) is 20.1 Å². The summed E-state index contributed by atoms with van der Waals surface area (Å²) >= 11 is 0. The van der Waals surface area contributed by atoms with E-state index in [0.29, 0.717) is 12.2 Å². The molecule has 1 amide bonds. The molecule has 120 valence electrons. The van der Waals surface area contributed by atoms with Crippen LogP contribution in [0, 0.1) is 0 Å². The monoisotopic (exact) mass is 318 g/mol. The molecular formula is C19H18N4O. The molecule has 1 aromatic carbocycles. The third-order valence-electron chi connectivity index (χ3n) is 4.38. The molecule has 1 N–H and O–H groups in total. The molecule has 3 aromatic rings. The highest BCUT2D eigenvalue weighted by Crippen LogP contribution is 2.42. The number of benzene rings is 1. The van der Waals surface area contributed by atoms with Gasteiger partial charge in [-0.3, -0.25) is 14.9 Å². The Bertz CT molecular complexity index is 858. The van der Waals surface area contributed by atoms with E-state index in [9.17, 15) is 4.79 Å². The minimum absolute atomic E-state index is 0.00961. The first-order chi connectivity index (χ1) is 11.8. The van der Waals surface area contributed by atoms with E-state index in [-0.39, 0.29) is 11.9 Å². The molecule has 5 heteroatoms. The highest BCUT2D eigenvalue weighted by molar-refractivity contribution is 6.00. The van der Waals surface area contributed by atoms with Crippen molar-refractivity contribution >= 4 is 5.91 Å². The lowest BCUT2D eigenvalue weighted by Crippen LogP contribution is -2.30. The summed E-state index contributed by atoms with van der Waals surface area (Å²) in [5, 5.41) is 7.40. The van der Waals surface area contributed by atoms with Crippen molar-refractivity contribution in [3.63, 3.8) is 0 Å². The number of fused-ring (bicyclic) bond motifs is 1. The lowest BCUT2D eigenvalue weighted by Gasteiger charge is -2.25. The quantitative estimate of drug-likeness (QED) is 0.801. The number of H-pyrrole nitrogens is 1. The van der Waals surface area contributed by atoms with Crippen LogP contribution in [-0.2, 0) is 0 Å². The first-order valence-corrected chi connectivity index (χ1v) is 8.15. The van der Waals surface area contributed by atoms with Crippen LogP contribution in [0.2, 0.25) is 0 Å². The predicted molar refractivity (Wildman–Crippen MR) is 91.4 cm³/mol. The number of nitrogens with one attached hydrogen (secondary N) is 1. The van der Waals surface area contributed by atoms with Crippen molar-refractivity contribution in [2.24, 2.45) is 0 Å². The molecule has 0 radical (unpaired) electrons. The van der Waals surface area contributed by atoms with Crippen LogP contribution in [0.25, 0.3) is 11.3 Å². The average Bonchev–Trinajstić information content (AvgIpc) is 3.17. The van der Waals surface area contributed by atoms with Crippen molar-refractivity contribution in [2.75, 3.05) is 6.54 Å². The zero-order valence-corrected chi connectivity index (χ0v) is 13.4. The molecule has 1 aliphatic heterocycles. The molecule has 4 rings (SSSR count). The largest absolute Gasteiger partial charge is 0.326 e. The number of carbonyl (C=O) groups is 1. The summed E-state index contributed by atoms with van der Waals surface area (Å²) in [5.41, 5.74) is 4.40. The van der Waals surface area contributed by atoms with Crippen LogP contribution in [0.1, 0.15) is 41.0 Å². The van der Waals surface area contributed by atoms with Crippen LogP contribution >= 0.6 is 0 Å². The lowest BCUT2D eigenvalue weighted by molar-refractivity contribution is 0.0744. The van der Waals surface area contributed by atoms with Gasteiger partial charge in [0.15, 0.2) is 0 Å². The maximum Gasteiger partial charge on any atom is 0.273 e. The summed E-state index contributed by atoms with van der Waals surface area (Å²) in [6.07, 6.45) is 4.48. The van der Waals surface area contributed by atoms with Gasteiger partial charge in [0.05, 0.1) is 11.7 Å². The van der Waals surface area contributed by atoms with Gasteiger partial charge in [-0.2, -0.15) is 5.10 Å². The van der Waals surface area contributed by atoms with Gasteiger partial charge in [0, 0.05) is 30.1 Å². The third kappa shape index (κ3) is 2.21. The number of amides is 1. The molecule has 2 aromatic heterocycles. The van der Waals surface area contributed by atoms with Gasteiger partial charge in [0.2, 0.25) is 0 Å². The molecule has 0 unspecified atom stereocenters. The second kappa shape index (κ2) is 5.92. The summed E-state index contributed by atoms with van der Waals surface area (Å²) in [7, 11) is 0. The minimum Gasteiger partial charge on any atom is -0.326 e. The highest BCUT2D eigenvalue weighted by Gasteiger charge is 2.41. The highest BCUT2D eigenvalue weighted by atomic mass is 16.2. The van der Waals surface area contributed by atoms with Crippen LogP contribution in [0.5, 0.6) is 0 Å². The van der Waals surface area contributed by atoms with Crippen LogP contribution in [-0.4, -0.2) is 32.5 Å². The molecule has 0 fully saturated rings. The van der Waals surface area contributed by atoms with Gasteiger partial charge in [-0.05, 0) is 18.1 Å². The van der Waals surface area contributed by atoms with Gasteiger partial charge in [0.25, 0.3) is 5.91 Å². The van der Waals surface area contributed by atoms with Gasteiger partial charge in [-0.1, -0.05) is 43.3 Å². The normalized spacial score (nSPS) is 16.5. The minimum atomic E-state index is -0.143. The van der Waals surface area contributed by atoms with Gasteiger partial charge in [0.1, 0.15) is 5.69 Å². The fourth-order valence-corrected chi connectivity index (χ4v) is 3.37. The Labute approximate surface area is 140 Å². The number of nitrogens with zero attached hydrogens (tertiary/aromatic N) is 3. The standard InChI is InChI=1S/C19H18N4O/c1-2-11-23-18(14-9-6-10-20-12-14)15-16(13-7-4-3-5-8-13)21-22-17(15)19(23)24/h3-10,12,18H,2,11H2,1H3,(H,21,22)/t18-/m0/s1. The number of aromatic nitrogens is 3. The second-order valence-corrected chi connectivity index (χ2v) is 5.91. The Morgan fingerprint density at radius 2 is 2.00 bits per heavy atom. The Hall–Kier alpha value is -2.95. The summed E-state index contributed by atoms with van der Waals surface area (Å²) < 4.78 is 0. The molecule has 1 atom stereocenters. The van der Waals surface area contributed by atoms with Gasteiger partial charge < -0.3 is 4.90 Å². The Morgan fingerprint density at radius 3 is 2.71 bits per heavy atom. The molecule has 0 spiro atoms. The van der Waals surface area contributed by atoms with E-state index in [2.05, 4.69) is 22.1 Å². The Balaban J connectivity index is 1.90. The van der Waals surface area contributed by atoms with Crippen LogP contribution in [0.15, 0.2) is 54.9 Å². The first-order valence-electron chi connectivity index (χ1n) is 8.15. The fourth-order valence-electron chi connectivity index (χ4n) is 3.37. The van der Waals surface area contributed by atoms with E-state index in [4.69, 9.17) is 0 Å². The van der Waals surface area contributed by atoms with E-state index < -0.39 is 0 Å². The number of rotatable bonds is 4. The lowest BCUT2D eigenvalue weighted by atomic mass is 9.97. The van der Waals surface area contributed by atoms with Gasteiger partial charge in [-0.15, -0.1) is 0 Å². The summed E-state index contributed by atoms with van der Waals surface area (Å²) in [6, 6.07) is 13.8. The number of aromatic amines is 1. The maximum atomic E-state index is 12.8. The Kier molecular flexibility index (Phi) is 3.61. The smallest absolute Gasteiger partial charge is 0.273 e. The van der Waals surface area contributed by atoms with E-state index in [1.807, 2.05) is 53.6 Å². The molecule has 24 heavy (non-hydrogen) atoms. The summed E-state index contributed by atoms with van der Waals surface area (Å²) in [5.74, 6) is 0.00961. The molecule has 0 bridgehead atoms. The van der Waals surface area contributed by atoms with Crippen molar-refractivity contribution in [3.05, 3.63) is 71.7 Å². The molecule has 0 saturated heterocycles. The van der Waals surface area contributed by atoms with Gasteiger partial charge >= 0.3 is 0 Å². The van der Waals surface area contributed by atoms with Crippen LogP contribution < -0.4 is 0 Å². The van der Waals surface area contributed by atoms with Crippen molar-refractivity contribution in [3.8, 4) is 11.3 Å². The molecule has 0 saturated carbocycles. The van der Waals surface area contributed by atoms with E-state index >= 15 is 0 Å². The predicted octanol–water partition coefficient (Wildman–Crippen LogP) is 3.43. The fraction of sp³-hybridized carbons (Fsp3) is 0.211. The topological polar surface area (TPSA) is 61.9 Å². The van der Waals surface area contributed by atoms with Crippen molar-refractivity contribution in [1.29, 1.82) is 0 Å². The second-order valence-electron chi connectivity index (χ2n) is 5.91. The molecule has 0 aliphatic carbocycles. The van der Waals surface area contributed by atoms with Crippen molar-refractivity contribution < 1.29 is 4.79 Å². The number of hydrogen-bond acceptors (Lipinski definition) is 3. The average molecular weight is 318 g/mol. The van der Waals surface area contributed by atoms with Crippen molar-refractivity contribution in [2.45, 2.75) is 19.4 Å². The first kappa shape index (κ1) is 14.6. The zero-order chi connectivity index (χ0) is 16.5. The number of hydrogen-bond donors (Lipinski definition) is 1. The molecule has 1 aliphatic rings. The number of carbonyl (C=O) groups excluding carboxylic acids is 1. The molecule has 5 nitrogen and oxygen atoms in total. The van der Waals surface area contributed by atoms with E-state index in [1.54, 1.807) is 6.20 Å². The maximum absolute atomic E-state index is 12.8. The van der Waals surface area contributed by atoms with E-state index in [0.717, 1.165) is 28.8 Å². The zero-order valence-electron chi connectivity index (χ0n) is 13.4. The number of pyridine rings is 1.